The van der Waals surface area contributed by atoms with Crippen molar-refractivity contribution in [2.75, 3.05) is 11.1 Å². The number of aromatic amines is 2. The second kappa shape index (κ2) is 5.62. The first-order valence-corrected chi connectivity index (χ1v) is 7.62. The Morgan fingerprint density at radius 2 is 1.75 bits per heavy atom. The number of H-pyrrole nitrogens is 2. The van der Waals surface area contributed by atoms with E-state index in [1.807, 2.05) is 60.8 Å². The molecule has 0 spiro atoms. The Morgan fingerprint density at radius 1 is 0.875 bits per heavy atom. The van der Waals surface area contributed by atoms with Crippen LogP contribution in [0.3, 0.4) is 0 Å². The molecule has 0 aliphatic heterocycles. The molecule has 0 unspecified atom stereocenters. The van der Waals surface area contributed by atoms with Gasteiger partial charge in [0.05, 0.1) is 5.69 Å². The summed E-state index contributed by atoms with van der Waals surface area (Å²) in [5.74, 6) is 0. The van der Waals surface area contributed by atoms with E-state index in [0.717, 1.165) is 27.8 Å². The number of nitrogens with one attached hydrogen (secondary N) is 3. The molecule has 0 fully saturated rings. The van der Waals surface area contributed by atoms with Crippen LogP contribution in [0.5, 0.6) is 0 Å². The van der Waals surface area contributed by atoms with Gasteiger partial charge in [-0.25, -0.2) is 0 Å². The van der Waals surface area contributed by atoms with Crippen LogP contribution in [0.15, 0.2) is 71.8 Å². The van der Waals surface area contributed by atoms with E-state index in [1.165, 1.54) is 0 Å². The normalized spacial score (nSPS) is 10.8. The first-order chi connectivity index (χ1) is 11.7. The predicted octanol–water partition coefficient (Wildman–Crippen LogP) is 3.85. The molecule has 118 valence electrons. The van der Waals surface area contributed by atoms with Crippen LogP contribution in [0.2, 0.25) is 0 Å². The third-order valence-corrected chi connectivity index (χ3v) is 3.96. The minimum Gasteiger partial charge on any atom is -0.399 e. The highest BCUT2D eigenvalue weighted by atomic mass is 16.1. The third-order valence-electron chi connectivity index (χ3n) is 3.96. The topological polar surface area (TPSA) is 86.7 Å². The fraction of sp³-hybridized carbons (Fsp3) is 0. The number of nitrogen functional groups attached to an aromatic ring is 1. The second-order valence-corrected chi connectivity index (χ2v) is 5.63. The molecule has 24 heavy (non-hydrogen) atoms. The van der Waals surface area contributed by atoms with Crippen LogP contribution in [-0.4, -0.2) is 9.97 Å². The number of anilines is 3. The lowest BCUT2D eigenvalue weighted by atomic mass is 10.0. The summed E-state index contributed by atoms with van der Waals surface area (Å²) < 4.78 is 0. The summed E-state index contributed by atoms with van der Waals surface area (Å²) in [5.41, 5.74) is 10.5. The van der Waals surface area contributed by atoms with Crippen LogP contribution in [0, 0.1) is 0 Å². The molecule has 0 atom stereocenters. The van der Waals surface area contributed by atoms with Gasteiger partial charge in [-0.15, -0.1) is 0 Å². The van der Waals surface area contributed by atoms with Crippen molar-refractivity contribution in [3.63, 3.8) is 0 Å². The zero-order valence-corrected chi connectivity index (χ0v) is 12.8. The van der Waals surface area contributed by atoms with E-state index in [2.05, 4.69) is 15.3 Å². The zero-order valence-electron chi connectivity index (χ0n) is 12.8. The molecule has 5 heteroatoms. The third kappa shape index (κ3) is 2.52. The SMILES string of the molecule is Nc1cccc(Nc2c[nH]c(=O)c(-c3cccc4[nH]ccc34)c2)c1. The van der Waals surface area contributed by atoms with Gasteiger partial charge in [-0.1, -0.05) is 18.2 Å². The van der Waals surface area contributed by atoms with Crippen molar-refractivity contribution in [3.8, 4) is 11.1 Å². The summed E-state index contributed by atoms with van der Waals surface area (Å²) in [4.78, 5) is 18.3. The molecular weight excluding hydrogens is 300 g/mol. The van der Waals surface area contributed by atoms with Gasteiger partial charge in [0.2, 0.25) is 0 Å². The lowest BCUT2D eigenvalue weighted by Crippen LogP contribution is -2.09. The molecule has 4 aromatic rings. The van der Waals surface area contributed by atoms with E-state index in [4.69, 9.17) is 5.73 Å². The summed E-state index contributed by atoms with van der Waals surface area (Å²) in [6.45, 7) is 0. The summed E-state index contributed by atoms with van der Waals surface area (Å²) in [7, 11) is 0. The Labute approximate surface area is 138 Å². The largest absolute Gasteiger partial charge is 0.399 e. The highest BCUT2D eigenvalue weighted by molar-refractivity contribution is 5.95. The van der Waals surface area contributed by atoms with Gasteiger partial charge < -0.3 is 21.0 Å². The number of rotatable bonds is 3. The highest BCUT2D eigenvalue weighted by Gasteiger charge is 2.09. The molecule has 0 saturated heterocycles. The molecule has 0 amide bonds. The van der Waals surface area contributed by atoms with Crippen molar-refractivity contribution in [2.45, 2.75) is 0 Å². The molecule has 0 bridgehead atoms. The Kier molecular flexibility index (Phi) is 3.31. The van der Waals surface area contributed by atoms with Gasteiger partial charge in [-0.3, -0.25) is 4.79 Å². The van der Waals surface area contributed by atoms with Crippen molar-refractivity contribution in [1.29, 1.82) is 0 Å². The van der Waals surface area contributed by atoms with E-state index < -0.39 is 0 Å². The molecule has 5 nitrogen and oxygen atoms in total. The standard InChI is InChI=1S/C19H16N4O/c20-12-3-1-4-13(9-12)23-14-10-17(19(24)22-11-14)15-5-2-6-18-16(15)7-8-21-18/h1-11,21,23H,20H2,(H,22,24). The van der Waals surface area contributed by atoms with Crippen LogP contribution in [0.1, 0.15) is 0 Å². The van der Waals surface area contributed by atoms with Crippen molar-refractivity contribution in [1.82, 2.24) is 9.97 Å². The highest BCUT2D eigenvalue weighted by Crippen LogP contribution is 2.28. The number of nitrogens with two attached hydrogens (primary N) is 1. The molecule has 0 aliphatic carbocycles. The molecule has 0 aliphatic rings. The quantitative estimate of drug-likeness (QED) is 0.433. The number of hydrogen-bond acceptors (Lipinski definition) is 3. The van der Waals surface area contributed by atoms with E-state index in [-0.39, 0.29) is 5.56 Å². The van der Waals surface area contributed by atoms with Gasteiger partial charge in [-0.2, -0.15) is 0 Å². The van der Waals surface area contributed by atoms with E-state index in [9.17, 15) is 4.79 Å². The molecule has 4 rings (SSSR count). The molecule has 5 N–H and O–H groups in total. The monoisotopic (exact) mass is 316 g/mol. The number of pyridine rings is 1. The molecule has 0 saturated carbocycles. The Morgan fingerprint density at radius 3 is 2.62 bits per heavy atom. The van der Waals surface area contributed by atoms with Crippen LogP contribution < -0.4 is 16.6 Å². The molecular formula is C19H16N4O. The van der Waals surface area contributed by atoms with Gasteiger partial charge in [0.1, 0.15) is 0 Å². The van der Waals surface area contributed by atoms with Crippen molar-refractivity contribution < 1.29 is 0 Å². The number of aromatic nitrogens is 2. The molecule has 2 heterocycles. The smallest absolute Gasteiger partial charge is 0.255 e. The summed E-state index contributed by atoms with van der Waals surface area (Å²) in [6.07, 6.45) is 3.53. The van der Waals surface area contributed by atoms with Crippen molar-refractivity contribution in [2.24, 2.45) is 0 Å². The van der Waals surface area contributed by atoms with Crippen molar-refractivity contribution in [3.05, 3.63) is 77.3 Å². The molecule has 0 radical (unpaired) electrons. The average Bonchev–Trinajstić information content (AvgIpc) is 3.05. The molecule has 2 aromatic heterocycles. The number of fused-ring (bicyclic) bond motifs is 1. The fourth-order valence-electron chi connectivity index (χ4n) is 2.86. The lowest BCUT2D eigenvalue weighted by molar-refractivity contribution is 1.24. The Bertz CT molecular complexity index is 1080. The first-order valence-electron chi connectivity index (χ1n) is 7.62. The summed E-state index contributed by atoms with van der Waals surface area (Å²) >= 11 is 0. The van der Waals surface area contributed by atoms with Crippen LogP contribution >= 0.6 is 0 Å². The van der Waals surface area contributed by atoms with E-state index in [0.29, 0.717) is 11.3 Å². The maximum absolute atomic E-state index is 12.3. The zero-order chi connectivity index (χ0) is 16.5. The minimum absolute atomic E-state index is 0.123. The summed E-state index contributed by atoms with van der Waals surface area (Å²) in [5, 5.41) is 4.28. The van der Waals surface area contributed by atoms with Gasteiger partial charge in [-0.05, 0) is 42.0 Å². The number of benzene rings is 2. The van der Waals surface area contributed by atoms with Crippen LogP contribution in [0.4, 0.5) is 17.1 Å². The predicted molar refractivity (Wildman–Crippen MR) is 98.5 cm³/mol. The first kappa shape index (κ1) is 14.1. The van der Waals surface area contributed by atoms with Crippen molar-refractivity contribution >= 4 is 28.0 Å². The number of hydrogen-bond donors (Lipinski definition) is 4. The van der Waals surface area contributed by atoms with Gasteiger partial charge in [0, 0.05) is 40.2 Å². The van der Waals surface area contributed by atoms with Crippen LogP contribution in [0.25, 0.3) is 22.0 Å². The Hall–Kier alpha value is -3.47. The second-order valence-electron chi connectivity index (χ2n) is 5.63. The van der Waals surface area contributed by atoms with E-state index in [1.54, 1.807) is 6.20 Å². The average molecular weight is 316 g/mol. The van der Waals surface area contributed by atoms with Gasteiger partial charge >= 0.3 is 0 Å². The fourth-order valence-corrected chi connectivity index (χ4v) is 2.86. The Balaban J connectivity index is 1.79. The minimum atomic E-state index is -0.123. The summed E-state index contributed by atoms with van der Waals surface area (Å²) in [6, 6.07) is 17.2. The lowest BCUT2D eigenvalue weighted by Gasteiger charge is -2.09. The molecule has 2 aromatic carbocycles. The maximum Gasteiger partial charge on any atom is 0.255 e. The maximum atomic E-state index is 12.3. The van der Waals surface area contributed by atoms with Gasteiger partial charge in [0.25, 0.3) is 5.56 Å². The van der Waals surface area contributed by atoms with E-state index >= 15 is 0 Å². The van der Waals surface area contributed by atoms with Gasteiger partial charge in [0.15, 0.2) is 0 Å². The van der Waals surface area contributed by atoms with Crippen LogP contribution in [-0.2, 0) is 0 Å².